The highest BCUT2D eigenvalue weighted by Gasteiger charge is 2.44. The number of nitrogens with zero attached hydrogens (tertiary/aromatic N) is 1. The second kappa shape index (κ2) is 9.72. The van der Waals surface area contributed by atoms with E-state index in [0.717, 1.165) is 33.3 Å². The Morgan fingerprint density at radius 3 is 2.41 bits per heavy atom. The fraction of sp³-hybridized carbons (Fsp3) is 0.286. The summed E-state index contributed by atoms with van der Waals surface area (Å²) < 4.78 is 6.96. The van der Waals surface area contributed by atoms with Crippen molar-refractivity contribution in [2.24, 2.45) is 5.10 Å². The number of aryl methyl sites for hydroxylation is 1. The molecule has 3 aromatic rings. The van der Waals surface area contributed by atoms with Gasteiger partial charge >= 0.3 is 0 Å². The van der Waals surface area contributed by atoms with Crippen molar-refractivity contribution in [3.8, 4) is 5.75 Å². The third-order valence-electron chi connectivity index (χ3n) is 6.10. The lowest BCUT2D eigenvalue weighted by Crippen LogP contribution is -2.62. The summed E-state index contributed by atoms with van der Waals surface area (Å²) in [5, 5.41) is 8.07. The number of carbonyl (C=O) groups is 1. The number of halogens is 1. The summed E-state index contributed by atoms with van der Waals surface area (Å²) in [6.45, 7) is 8.39. The summed E-state index contributed by atoms with van der Waals surface area (Å²) in [4.78, 5) is 13.5. The van der Waals surface area contributed by atoms with Crippen molar-refractivity contribution >= 4 is 27.5 Å². The van der Waals surface area contributed by atoms with Crippen molar-refractivity contribution in [2.75, 3.05) is 6.61 Å². The molecule has 4 rings (SSSR count). The van der Waals surface area contributed by atoms with Crippen LogP contribution in [0.1, 0.15) is 43.0 Å². The molecule has 0 saturated heterocycles. The lowest BCUT2D eigenvalue weighted by Gasteiger charge is -2.44. The standard InChI is InChI=1S/C28H30BrN3O2/c1-19-9-15-23(16-10-19)34-18-25(20-11-13-22(29)14-12-20)30-31-26(33)28(4)24-8-6-5-7-21(24)17-27(2,3)32-28/h5-16,32H,17-18H2,1-4H3,(H,31,33)/b30-25-/t28-/m0/s1. The molecular weight excluding hydrogens is 490 g/mol. The van der Waals surface area contributed by atoms with Crippen LogP contribution < -0.4 is 15.5 Å². The van der Waals surface area contributed by atoms with Crippen molar-refractivity contribution < 1.29 is 9.53 Å². The first-order valence-electron chi connectivity index (χ1n) is 11.4. The zero-order chi connectivity index (χ0) is 24.3. The van der Waals surface area contributed by atoms with Gasteiger partial charge in [-0.15, -0.1) is 0 Å². The SMILES string of the molecule is Cc1ccc(OC/C(=N/NC(=O)[C@@]2(C)NC(C)(C)Cc3ccccc32)c2ccc(Br)cc2)cc1. The summed E-state index contributed by atoms with van der Waals surface area (Å²) in [5.41, 5.74) is 6.50. The predicted octanol–water partition coefficient (Wildman–Crippen LogP) is 5.50. The van der Waals surface area contributed by atoms with Gasteiger partial charge in [0.15, 0.2) is 0 Å². The van der Waals surface area contributed by atoms with Crippen molar-refractivity contribution in [3.05, 3.63) is 99.5 Å². The molecule has 34 heavy (non-hydrogen) atoms. The molecule has 5 nitrogen and oxygen atoms in total. The summed E-state index contributed by atoms with van der Waals surface area (Å²) in [7, 11) is 0. The van der Waals surface area contributed by atoms with E-state index >= 15 is 0 Å². The zero-order valence-corrected chi connectivity index (χ0v) is 21.6. The Balaban J connectivity index is 1.60. The van der Waals surface area contributed by atoms with Crippen LogP contribution in [0.2, 0.25) is 0 Å². The molecule has 0 unspecified atom stereocenters. The molecule has 176 valence electrons. The van der Waals surface area contributed by atoms with Gasteiger partial charge in [-0.1, -0.05) is 70.0 Å². The smallest absolute Gasteiger partial charge is 0.264 e. The van der Waals surface area contributed by atoms with Gasteiger partial charge in [0.25, 0.3) is 5.91 Å². The Labute approximate surface area is 209 Å². The van der Waals surface area contributed by atoms with Gasteiger partial charge in [0, 0.05) is 15.6 Å². The molecule has 0 aromatic heterocycles. The van der Waals surface area contributed by atoms with Gasteiger partial charge in [-0.2, -0.15) is 5.10 Å². The van der Waals surface area contributed by atoms with Crippen LogP contribution in [0.15, 0.2) is 82.4 Å². The number of fused-ring (bicyclic) bond motifs is 1. The molecule has 0 bridgehead atoms. The Kier molecular flexibility index (Phi) is 6.91. The van der Waals surface area contributed by atoms with E-state index in [2.05, 4.69) is 51.7 Å². The highest BCUT2D eigenvalue weighted by atomic mass is 79.9. The largest absolute Gasteiger partial charge is 0.487 e. The normalized spacial score (nSPS) is 19.3. The third-order valence-corrected chi connectivity index (χ3v) is 6.63. The Morgan fingerprint density at radius 1 is 1.03 bits per heavy atom. The van der Waals surface area contributed by atoms with Crippen LogP contribution in [-0.2, 0) is 16.8 Å². The molecule has 0 spiro atoms. The van der Waals surface area contributed by atoms with E-state index in [-0.39, 0.29) is 18.1 Å². The first-order valence-corrected chi connectivity index (χ1v) is 12.2. The molecule has 0 radical (unpaired) electrons. The van der Waals surface area contributed by atoms with Crippen molar-refractivity contribution in [1.29, 1.82) is 0 Å². The lowest BCUT2D eigenvalue weighted by atomic mass is 9.76. The first kappa shape index (κ1) is 24.2. The second-order valence-electron chi connectivity index (χ2n) is 9.58. The van der Waals surface area contributed by atoms with Gasteiger partial charge in [-0.3, -0.25) is 10.1 Å². The van der Waals surface area contributed by atoms with Crippen LogP contribution >= 0.6 is 15.9 Å². The number of carbonyl (C=O) groups excluding carboxylic acids is 1. The fourth-order valence-corrected chi connectivity index (χ4v) is 4.71. The number of rotatable bonds is 6. The number of ether oxygens (including phenoxy) is 1. The first-order chi connectivity index (χ1) is 16.2. The van der Waals surface area contributed by atoms with Gasteiger partial charge in [-0.05, 0) is 69.5 Å². The van der Waals surface area contributed by atoms with Crippen LogP contribution in [0.3, 0.4) is 0 Å². The van der Waals surface area contributed by atoms with Gasteiger partial charge < -0.3 is 4.74 Å². The van der Waals surface area contributed by atoms with Crippen LogP contribution in [0, 0.1) is 6.92 Å². The summed E-state index contributed by atoms with van der Waals surface area (Å²) in [6, 6.07) is 23.7. The maximum Gasteiger partial charge on any atom is 0.264 e. The average Bonchev–Trinajstić information content (AvgIpc) is 2.80. The molecule has 0 saturated carbocycles. The average molecular weight is 520 g/mol. The Bertz CT molecular complexity index is 1200. The van der Waals surface area contributed by atoms with Crippen molar-refractivity contribution in [3.63, 3.8) is 0 Å². The number of hydrogen-bond donors (Lipinski definition) is 2. The van der Waals surface area contributed by atoms with E-state index in [4.69, 9.17) is 4.74 Å². The minimum Gasteiger partial charge on any atom is -0.487 e. The molecule has 1 aliphatic rings. The van der Waals surface area contributed by atoms with Gasteiger partial charge in [0.2, 0.25) is 0 Å². The van der Waals surface area contributed by atoms with Crippen molar-refractivity contribution in [1.82, 2.24) is 10.7 Å². The van der Waals surface area contributed by atoms with E-state index in [0.29, 0.717) is 5.71 Å². The molecule has 0 fully saturated rings. The number of hydrazone groups is 1. The van der Waals surface area contributed by atoms with E-state index in [1.807, 2.05) is 80.6 Å². The zero-order valence-electron chi connectivity index (χ0n) is 20.0. The minimum atomic E-state index is -0.912. The summed E-state index contributed by atoms with van der Waals surface area (Å²) >= 11 is 3.48. The molecule has 1 amide bonds. The number of amides is 1. The fourth-order valence-electron chi connectivity index (χ4n) is 4.44. The summed E-state index contributed by atoms with van der Waals surface area (Å²) in [6.07, 6.45) is 0.851. The van der Waals surface area contributed by atoms with Crippen LogP contribution in [0.5, 0.6) is 5.75 Å². The molecule has 1 heterocycles. The number of nitrogens with one attached hydrogen (secondary N) is 2. The molecular formula is C28H30BrN3O2. The minimum absolute atomic E-state index is 0.210. The van der Waals surface area contributed by atoms with E-state index in [9.17, 15) is 4.79 Å². The molecule has 3 aromatic carbocycles. The van der Waals surface area contributed by atoms with E-state index in [1.165, 1.54) is 5.56 Å². The van der Waals surface area contributed by atoms with Crippen LogP contribution in [0.4, 0.5) is 0 Å². The molecule has 0 aliphatic carbocycles. The highest BCUT2D eigenvalue weighted by molar-refractivity contribution is 9.10. The van der Waals surface area contributed by atoms with Crippen LogP contribution in [0.25, 0.3) is 0 Å². The number of benzene rings is 3. The summed E-state index contributed by atoms with van der Waals surface area (Å²) in [5.74, 6) is 0.538. The van der Waals surface area contributed by atoms with Gasteiger partial charge in [0.05, 0.1) is 0 Å². The van der Waals surface area contributed by atoms with E-state index in [1.54, 1.807) is 0 Å². The van der Waals surface area contributed by atoms with Crippen molar-refractivity contribution in [2.45, 2.75) is 45.2 Å². The monoisotopic (exact) mass is 519 g/mol. The third kappa shape index (κ3) is 5.40. The van der Waals surface area contributed by atoms with Crippen LogP contribution in [-0.4, -0.2) is 23.8 Å². The second-order valence-corrected chi connectivity index (χ2v) is 10.5. The maximum absolute atomic E-state index is 13.5. The molecule has 1 atom stereocenters. The van der Waals surface area contributed by atoms with E-state index < -0.39 is 5.54 Å². The predicted molar refractivity (Wildman–Crippen MR) is 140 cm³/mol. The Morgan fingerprint density at radius 2 is 1.71 bits per heavy atom. The molecule has 6 heteroatoms. The maximum atomic E-state index is 13.5. The molecule has 1 aliphatic heterocycles. The van der Waals surface area contributed by atoms with Gasteiger partial charge in [-0.25, -0.2) is 5.43 Å². The molecule has 2 N–H and O–H groups in total. The lowest BCUT2D eigenvalue weighted by molar-refractivity contribution is -0.128. The highest BCUT2D eigenvalue weighted by Crippen LogP contribution is 2.34. The Hall–Kier alpha value is -2.96. The quantitative estimate of drug-likeness (QED) is 0.334. The van der Waals surface area contributed by atoms with Gasteiger partial charge in [0.1, 0.15) is 23.6 Å². The topological polar surface area (TPSA) is 62.7 Å². The number of hydrogen-bond acceptors (Lipinski definition) is 4.